The molecule has 6 nitrogen and oxygen atoms in total. The summed E-state index contributed by atoms with van der Waals surface area (Å²) in [5, 5.41) is 12.2. The lowest BCUT2D eigenvalue weighted by molar-refractivity contribution is -0.142. The number of amides is 2. The molecule has 1 atom stereocenters. The summed E-state index contributed by atoms with van der Waals surface area (Å²) in [5.41, 5.74) is -0.175. The van der Waals surface area contributed by atoms with Crippen LogP contribution in [0.25, 0.3) is 0 Å². The molecule has 0 aromatic carbocycles. The molecule has 0 bridgehead atoms. The van der Waals surface area contributed by atoms with Crippen molar-refractivity contribution in [3.8, 4) is 0 Å². The van der Waals surface area contributed by atoms with Gasteiger partial charge in [0.1, 0.15) is 0 Å². The largest absolute Gasteiger partial charge is 0.481 e. The molecule has 6 heteroatoms. The summed E-state index contributed by atoms with van der Waals surface area (Å²) in [6.07, 6.45) is 6.80. The average molecular weight is 326 g/mol. The highest BCUT2D eigenvalue weighted by Gasteiger charge is 2.43. The molecule has 1 unspecified atom stereocenters. The molecule has 2 rings (SSSR count). The number of hydrogen-bond donors (Lipinski definition) is 2. The first-order valence-corrected chi connectivity index (χ1v) is 8.82. The zero-order chi connectivity index (χ0) is 16.9. The van der Waals surface area contributed by atoms with Crippen LogP contribution in [0.2, 0.25) is 0 Å². The Morgan fingerprint density at radius 2 is 2.00 bits per heavy atom. The number of carbonyl (C=O) groups excluding carboxylic acids is 1. The molecule has 23 heavy (non-hydrogen) atoms. The van der Waals surface area contributed by atoms with Gasteiger partial charge in [-0.15, -0.1) is 0 Å². The van der Waals surface area contributed by atoms with Crippen LogP contribution in [-0.4, -0.2) is 53.8 Å². The fourth-order valence-electron chi connectivity index (χ4n) is 4.21. The molecule has 1 saturated carbocycles. The summed E-state index contributed by atoms with van der Waals surface area (Å²) in [6, 6.07) is 0.0901. The molecule has 2 amide bonds. The Labute approximate surface area is 138 Å². The smallest absolute Gasteiger partial charge is 0.318 e. The molecular formula is C17H30N2O4. The molecule has 1 saturated heterocycles. The maximum absolute atomic E-state index is 12.7. The zero-order valence-electron chi connectivity index (χ0n) is 14.3. The van der Waals surface area contributed by atoms with Gasteiger partial charge in [-0.2, -0.15) is 0 Å². The summed E-state index contributed by atoms with van der Waals surface area (Å²) < 4.78 is 5.41. The highest BCUT2D eigenvalue weighted by atomic mass is 16.5. The topological polar surface area (TPSA) is 78.9 Å². The molecule has 2 aliphatic rings. The van der Waals surface area contributed by atoms with Gasteiger partial charge in [-0.3, -0.25) is 4.79 Å². The number of ether oxygens (including phenoxy) is 1. The molecule has 0 spiro atoms. The summed E-state index contributed by atoms with van der Waals surface area (Å²) in [5.74, 6) is -0.959. The summed E-state index contributed by atoms with van der Waals surface area (Å²) in [4.78, 5) is 25.7. The summed E-state index contributed by atoms with van der Waals surface area (Å²) >= 11 is 0. The zero-order valence-corrected chi connectivity index (χ0v) is 14.3. The van der Waals surface area contributed by atoms with Crippen molar-refractivity contribution >= 4 is 12.0 Å². The number of urea groups is 1. The minimum absolute atomic E-state index is 0.00762. The van der Waals surface area contributed by atoms with Gasteiger partial charge < -0.3 is 20.1 Å². The minimum atomic E-state index is -0.712. The highest BCUT2D eigenvalue weighted by molar-refractivity contribution is 5.76. The van der Waals surface area contributed by atoms with E-state index in [-0.39, 0.29) is 23.5 Å². The maximum atomic E-state index is 12.7. The summed E-state index contributed by atoms with van der Waals surface area (Å²) in [6.45, 7) is 3.50. The molecule has 0 aromatic rings. The van der Waals surface area contributed by atoms with Gasteiger partial charge in [-0.25, -0.2) is 4.79 Å². The molecule has 1 aliphatic carbocycles. The van der Waals surface area contributed by atoms with E-state index in [2.05, 4.69) is 12.2 Å². The lowest BCUT2D eigenvalue weighted by atomic mass is 9.86. The van der Waals surface area contributed by atoms with Crippen LogP contribution < -0.4 is 5.32 Å². The Kier molecular flexibility index (Phi) is 6.27. The fraction of sp³-hybridized carbons (Fsp3) is 0.882. The van der Waals surface area contributed by atoms with E-state index in [4.69, 9.17) is 9.84 Å². The highest BCUT2D eigenvalue weighted by Crippen LogP contribution is 2.34. The van der Waals surface area contributed by atoms with Crippen LogP contribution in [-0.2, 0) is 9.53 Å². The number of hydrogen-bond acceptors (Lipinski definition) is 3. The molecule has 1 heterocycles. The van der Waals surface area contributed by atoms with Crippen LogP contribution in [0.5, 0.6) is 0 Å². The van der Waals surface area contributed by atoms with E-state index >= 15 is 0 Å². The number of carboxylic acids is 1. The van der Waals surface area contributed by atoms with E-state index < -0.39 is 5.97 Å². The van der Waals surface area contributed by atoms with E-state index in [0.717, 1.165) is 45.1 Å². The van der Waals surface area contributed by atoms with Crippen LogP contribution in [0.3, 0.4) is 0 Å². The number of carboxylic acid groups (broad SMARTS) is 1. The third-order valence-corrected chi connectivity index (χ3v) is 5.37. The normalized spacial score (nSPS) is 31.1. The van der Waals surface area contributed by atoms with Gasteiger partial charge in [0.25, 0.3) is 0 Å². The third kappa shape index (κ3) is 4.16. The van der Waals surface area contributed by atoms with Crippen LogP contribution in [0.4, 0.5) is 4.79 Å². The molecule has 1 aliphatic heterocycles. The SMILES string of the molecule is CCCC1(COC)CCCN1C(=O)NC1CCC(C(=O)O)CC1. The second kappa shape index (κ2) is 7.99. The van der Waals surface area contributed by atoms with Crippen molar-refractivity contribution in [2.75, 3.05) is 20.3 Å². The van der Waals surface area contributed by atoms with Crippen molar-refractivity contribution in [3.05, 3.63) is 0 Å². The van der Waals surface area contributed by atoms with Crippen LogP contribution in [0.1, 0.15) is 58.3 Å². The minimum Gasteiger partial charge on any atom is -0.481 e. The van der Waals surface area contributed by atoms with Crippen molar-refractivity contribution in [2.45, 2.75) is 69.9 Å². The predicted octanol–water partition coefficient (Wildman–Crippen LogP) is 2.62. The maximum Gasteiger partial charge on any atom is 0.318 e. The van der Waals surface area contributed by atoms with Gasteiger partial charge in [-0.1, -0.05) is 13.3 Å². The second-order valence-corrected chi connectivity index (χ2v) is 7.00. The van der Waals surface area contributed by atoms with Gasteiger partial charge in [0, 0.05) is 19.7 Å². The Morgan fingerprint density at radius 3 is 2.57 bits per heavy atom. The van der Waals surface area contributed by atoms with Gasteiger partial charge in [-0.05, 0) is 44.9 Å². The lowest BCUT2D eigenvalue weighted by Crippen LogP contribution is -2.55. The van der Waals surface area contributed by atoms with Crippen molar-refractivity contribution in [1.29, 1.82) is 0 Å². The van der Waals surface area contributed by atoms with Crippen LogP contribution >= 0.6 is 0 Å². The quantitative estimate of drug-likeness (QED) is 0.786. The molecule has 0 aromatic heterocycles. The first kappa shape index (κ1) is 18.0. The number of nitrogens with one attached hydrogen (secondary N) is 1. The second-order valence-electron chi connectivity index (χ2n) is 7.00. The van der Waals surface area contributed by atoms with Crippen molar-refractivity contribution in [1.82, 2.24) is 10.2 Å². The van der Waals surface area contributed by atoms with E-state index in [1.54, 1.807) is 7.11 Å². The molecule has 0 radical (unpaired) electrons. The first-order valence-electron chi connectivity index (χ1n) is 8.82. The molecule has 2 fully saturated rings. The standard InChI is InChI=1S/C17H30N2O4/c1-3-9-17(12-23-2)10-4-11-19(17)16(22)18-14-7-5-13(6-8-14)15(20)21/h13-14H,3-12H2,1-2H3,(H,18,22)(H,20,21). The van der Waals surface area contributed by atoms with E-state index in [0.29, 0.717) is 19.4 Å². The fourth-order valence-corrected chi connectivity index (χ4v) is 4.21. The van der Waals surface area contributed by atoms with Crippen molar-refractivity contribution in [2.24, 2.45) is 5.92 Å². The number of rotatable bonds is 6. The number of aliphatic carboxylic acids is 1. The van der Waals surface area contributed by atoms with Gasteiger partial charge >= 0.3 is 12.0 Å². The Bertz CT molecular complexity index is 413. The van der Waals surface area contributed by atoms with Crippen LogP contribution in [0, 0.1) is 5.92 Å². The van der Waals surface area contributed by atoms with Crippen LogP contribution in [0.15, 0.2) is 0 Å². The van der Waals surface area contributed by atoms with E-state index in [1.807, 2.05) is 4.90 Å². The summed E-state index contributed by atoms with van der Waals surface area (Å²) in [7, 11) is 1.69. The number of nitrogens with zero attached hydrogens (tertiary/aromatic N) is 1. The number of likely N-dealkylation sites (tertiary alicyclic amines) is 1. The Hall–Kier alpha value is -1.30. The molecule has 2 N–H and O–H groups in total. The van der Waals surface area contributed by atoms with Gasteiger partial charge in [0.05, 0.1) is 18.1 Å². The molecular weight excluding hydrogens is 296 g/mol. The number of methoxy groups -OCH3 is 1. The van der Waals surface area contributed by atoms with Crippen molar-refractivity contribution in [3.63, 3.8) is 0 Å². The first-order chi connectivity index (χ1) is 11.0. The molecule has 132 valence electrons. The Morgan fingerprint density at radius 1 is 1.30 bits per heavy atom. The van der Waals surface area contributed by atoms with Crippen molar-refractivity contribution < 1.29 is 19.4 Å². The van der Waals surface area contributed by atoms with Gasteiger partial charge in [0.2, 0.25) is 0 Å². The predicted molar refractivity (Wildman–Crippen MR) is 87.4 cm³/mol. The van der Waals surface area contributed by atoms with Gasteiger partial charge in [0.15, 0.2) is 0 Å². The Balaban J connectivity index is 1.93. The lowest BCUT2D eigenvalue weighted by Gasteiger charge is -2.39. The number of carbonyl (C=O) groups is 2. The average Bonchev–Trinajstić information content (AvgIpc) is 2.92. The monoisotopic (exact) mass is 326 g/mol. The van der Waals surface area contributed by atoms with E-state index in [9.17, 15) is 9.59 Å². The third-order valence-electron chi connectivity index (χ3n) is 5.37. The van der Waals surface area contributed by atoms with E-state index in [1.165, 1.54) is 0 Å².